The molecule has 0 fully saturated rings. The van der Waals surface area contributed by atoms with Crippen molar-refractivity contribution in [3.05, 3.63) is 46.7 Å². The number of nitrogens with one attached hydrogen (secondary N) is 2. The van der Waals surface area contributed by atoms with Gasteiger partial charge in [0, 0.05) is 37.6 Å². The summed E-state index contributed by atoms with van der Waals surface area (Å²) >= 11 is 11.4. The molecule has 0 aliphatic rings. The summed E-state index contributed by atoms with van der Waals surface area (Å²) in [6.07, 6.45) is 2.86. The molecule has 0 aliphatic heterocycles. The van der Waals surface area contributed by atoms with Crippen molar-refractivity contribution in [2.75, 3.05) is 10.6 Å². The summed E-state index contributed by atoms with van der Waals surface area (Å²) in [7, 11) is 0. The molecule has 1 aromatic carbocycles. The van der Waals surface area contributed by atoms with E-state index >= 15 is 0 Å². The third-order valence-corrected chi connectivity index (χ3v) is 3.04. The van der Waals surface area contributed by atoms with Crippen LogP contribution in [0.3, 0.4) is 0 Å². The SMILES string of the molecule is CC(=O)/C(Cl)=C/Nc1ccc(N/C=C(\Cl)C(C)=O)cc1. The molecule has 0 spiro atoms. The van der Waals surface area contributed by atoms with Crippen LogP contribution in [0.2, 0.25) is 0 Å². The number of rotatable bonds is 6. The number of carbonyl (C=O) groups excluding carboxylic acids is 2. The largest absolute Gasteiger partial charge is 0.360 e. The highest BCUT2D eigenvalue weighted by molar-refractivity contribution is 6.42. The van der Waals surface area contributed by atoms with Gasteiger partial charge in [0.2, 0.25) is 0 Å². The molecule has 6 heteroatoms. The summed E-state index contributed by atoms with van der Waals surface area (Å²) < 4.78 is 0. The van der Waals surface area contributed by atoms with Gasteiger partial charge < -0.3 is 10.6 Å². The van der Waals surface area contributed by atoms with Crippen LogP contribution in [0.25, 0.3) is 0 Å². The van der Waals surface area contributed by atoms with Crippen molar-refractivity contribution in [3.63, 3.8) is 0 Å². The molecule has 0 amide bonds. The number of allylic oxidation sites excluding steroid dienone is 2. The van der Waals surface area contributed by atoms with Crippen LogP contribution >= 0.6 is 23.2 Å². The Labute approximate surface area is 127 Å². The monoisotopic (exact) mass is 312 g/mol. The maximum Gasteiger partial charge on any atom is 0.172 e. The predicted molar refractivity (Wildman–Crippen MR) is 82.9 cm³/mol. The van der Waals surface area contributed by atoms with Gasteiger partial charge in [0.1, 0.15) is 0 Å². The quantitative estimate of drug-likeness (QED) is 0.783. The van der Waals surface area contributed by atoms with Gasteiger partial charge in [0.25, 0.3) is 0 Å². The number of hydrogen-bond acceptors (Lipinski definition) is 4. The number of benzene rings is 1. The first-order valence-electron chi connectivity index (χ1n) is 5.76. The maximum absolute atomic E-state index is 10.9. The van der Waals surface area contributed by atoms with Gasteiger partial charge in [-0.25, -0.2) is 0 Å². The van der Waals surface area contributed by atoms with Crippen molar-refractivity contribution >= 4 is 46.1 Å². The fraction of sp³-hybridized carbons (Fsp3) is 0.143. The van der Waals surface area contributed by atoms with E-state index < -0.39 is 0 Å². The van der Waals surface area contributed by atoms with Gasteiger partial charge in [-0.3, -0.25) is 9.59 Å². The normalized spacial score (nSPS) is 12.0. The first-order valence-corrected chi connectivity index (χ1v) is 6.52. The van der Waals surface area contributed by atoms with Gasteiger partial charge in [-0.2, -0.15) is 0 Å². The lowest BCUT2D eigenvalue weighted by Gasteiger charge is -2.04. The van der Waals surface area contributed by atoms with E-state index in [1.807, 2.05) is 0 Å². The average molecular weight is 313 g/mol. The number of ketones is 2. The Bertz CT molecular complexity index is 512. The lowest BCUT2D eigenvalue weighted by molar-refractivity contribution is -0.113. The number of carbonyl (C=O) groups is 2. The molecule has 0 atom stereocenters. The molecule has 1 rings (SSSR count). The highest BCUT2D eigenvalue weighted by atomic mass is 35.5. The van der Waals surface area contributed by atoms with E-state index in [9.17, 15) is 9.59 Å². The minimum atomic E-state index is -0.207. The van der Waals surface area contributed by atoms with E-state index in [-0.39, 0.29) is 21.6 Å². The number of hydrogen-bond donors (Lipinski definition) is 2. The third-order valence-electron chi connectivity index (χ3n) is 2.29. The fourth-order valence-electron chi connectivity index (χ4n) is 1.16. The summed E-state index contributed by atoms with van der Waals surface area (Å²) in [5.41, 5.74) is 1.55. The minimum Gasteiger partial charge on any atom is -0.360 e. The Morgan fingerprint density at radius 2 is 1.15 bits per heavy atom. The Kier molecular flexibility index (Phi) is 6.28. The van der Waals surface area contributed by atoms with Crippen molar-refractivity contribution in [1.29, 1.82) is 0 Å². The molecule has 0 heterocycles. The Balaban J connectivity index is 2.65. The van der Waals surface area contributed by atoms with Gasteiger partial charge in [0.15, 0.2) is 11.6 Å². The van der Waals surface area contributed by atoms with Crippen molar-refractivity contribution in [1.82, 2.24) is 0 Å². The molecular formula is C14H14Cl2N2O2. The lowest BCUT2D eigenvalue weighted by atomic mass is 10.3. The predicted octanol–water partition coefficient (Wildman–Crippen LogP) is 3.85. The molecule has 0 aromatic heterocycles. The zero-order valence-electron chi connectivity index (χ0n) is 11.0. The van der Waals surface area contributed by atoms with E-state index in [2.05, 4.69) is 10.6 Å². The van der Waals surface area contributed by atoms with Crippen LogP contribution in [0.4, 0.5) is 11.4 Å². The van der Waals surface area contributed by atoms with Crippen LogP contribution < -0.4 is 10.6 Å². The van der Waals surface area contributed by atoms with Crippen LogP contribution in [0.5, 0.6) is 0 Å². The second-order valence-corrected chi connectivity index (χ2v) is 4.78. The smallest absolute Gasteiger partial charge is 0.172 e. The van der Waals surface area contributed by atoms with Gasteiger partial charge in [-0.15, -0.1) is 0 Å². The second kappa shape index (κ2) is 7.72. The van der Waals surface area contributed by atoms with Crippen molar-refractivity contribution < 1.29 is 9.59 Å². The number of halogens is 2. The zero-order valence-corrected chi connectivity index (χ0v) is 12.5. The molecule has 1 aromatic rings. The number of Topliss-reactive ketones (excluding diaryl/α,β-unsaturated/α-hetero) is 2. The van der Waals surface area contributed by atoms with E-state index in [4.69, 9.17) is 23.2 Å². The Morgan fingerprint density at radius 3 is 1.40 bits per heavy atom. The average Bonchev–Trinajstić information content (AvgIpc) is 2.42. The molecule has 0 saturated carbocycles. The van der Waals surface area contributed by atoms with Crippen LogP contribution in [-0.4, -0.2) is 11.6 Å². The van der Waals surface area contributed by atoms with Crippen LogP contribution in [0, 0.1) is 0 Å². The molecule has 0 bridgehead atoms. The van der Waals surface area contributed by atoms with Crippen LogP contribution in [-0.2, 0) is 9.59 Å². The standard InChI is InChI=1S/C14H14Cl2N2O2/c1-9(19)13(15)7-17-11-3-5-12(6-4-11)18-8-14(16)10(2)20/h3-8,17-18H,1-2H3/b13-7-,14-8-. The molecule has 2 N–H and O–H groups in total. The van der Waals surface area contributed by atoms with Crippen molar-refractivity contribution in [2.45, 2.75) is 13.8 Å². The molecule has 20 heavy (non-hydrogen) atoms. The van der Waals surface area contributed by atoms with Gasteiger partial charge >= 0.3 is 0 Å². The minimum absolute atomic E-state index is 0.128. The summed E-state index contributed by atoms with van der Waals surface area (Å²) in [5, 5.41) is 6.05. The molecule has 0 saturated heterocycles. The maximum atomic E-state index is 10.9. The fourth-order valence-corrected chi connectivity index (χ4v) is 1.27. The molecule has 0 radical (unpaired) electrons. The van der Waals surface area contributed by atoms with Crippen LogP contribution in [0.1, 0.15) is 13.8 Å². The van der Waals surface area contributed by atoms with E-state index in [0.29, 0.717) is 0 Å². The van der Waals surface area contributed by atoms with E-state index in [1.165, 1.54) is 26.2 Å². The van der Waals surface area contributed by atoms with Crippen molar-refractivity contribution in [2.24, 2.45) is 0 Å². The first-order chi connectivity index (χ1) is 9.40. The highest BCUT2D eigenvalue weighted by Gasteiger charge is 1.99. The molecule has 0 unspecified atom stereocenters. The van der Waals surface area contributed by atoms with E-state index in [1.54, 1.807) is 24.3 Å². The Morgan fingerprint density at radius 1 is 0.850 bits per heavy atom. The molecular weight excluding hydrogens is 299 g/mol. The molecule has 106 valence electrons. The molecule has 0 aliphatic carbocycles. The summed E-state index contributed by atoms with van der Waals surface area (Å²) in [4.78, 5) is 21.9. The third kappa shape index (κ3) is 5.47. The van der Waals surface area contributed by atoms with Gasteiger partial charge in [0.05, 0.1) is 10.1 Å². The number of anilines is 2. The highest BCUT2D eigenvalue weighted by Crippen LogP contribution is 2.15. The summed E-state index contributed by atoms with van der Waals surface area (Å²) in [5.74, 6) is -0.414. The van der Waals surface area contributed by atoms with Crippen molar-refractivity contribution in [3.8, 4) is 0 Å². The Hall–Kier alpha value is -1.78. The summed E-state index contributed by atoms with van der Waals surface area (Å²) in [6.45, 7) is 2.78. The van der Waals surface area contributed by atoms with Gasteiger partial charge in [-0.05, 0) is 24.3 Å². The lowest BCUT2D eigenvalue weighted by Crippen LogP contribution is -1.96. The van der Waals surface area contributed by atoms with E-state index in [0.717, 1.165) is 11.4 Å². The topological polar surface area (TPSA) is 58.2 Å². The summed E-state index contributed by atoms with van der Waals surface area (Å²) in [6, 6.07) is 7.16. The zero-order chi connectivity index (χ0) is 15.1. The molecule has 4 nitrogen and oxygen atoms in total. The van der Waals surface area contributed by atoms with Crippen LogP contribution in [0.15, 0.2) is 46.7 Å². The second-order valence-electron chi connectivity index (χ2n) is 3.96. The van der Waals surface area contributed by atoms with Gasteiger partial charge in [-0.1, -0.05) is 23.2 Å². The first kappa shape index (κ1) is 16.3.